The van der Waals surface area contributed by atoms with Crippen molar-refractivity contribution in [3.63, 3.8) is 0 Å². The molecule has 0 aliphatic carbocycles. The van der Waals surface area contributed by atoms with Crippen molar-refractivity contribution in [2.45, 2.75) is 45.5 Å². The predicted molar refractivity (Wildman–Crippen MR) is 62.8 cm³/mol. The largest absolute Gasteiger partial charge is 0.467 e. The van der Waals surface area contributed by atoms with Crippen LogP contribution < -0.4 is 0 Å². The Morgan fingerprint density at radius 2 is 1.89 bits per heavy atom. The highest BCUT2D eigenvalue weighted by Crippen LogP contribution is 2.29. The maximum atomic E-state index is 13.6. The van der Waals surface area contributed by atoms with Gasteiger partial charge < -0.3 is 9.47 Å². The molecule has 0 radical (unpaired) electrons. The number of hydrogen-bond donors (Lipinski definition) is 0. The maximum Gasteiger partial charge on any atom is 0.411 e. The SMILES string of the molecule is COC(=O)[C@@H]1[C@@H](C)[C@@H](F)CN1C(=O)OC(C)(C)C. The summed E-state index contributed by atoms with van der Waals surface area (Å²) in [6, 6.07) is -0.917. The zero-order chi connectivity index (χ0) is 14.1. The van der Waals surface area contributed by atoms with Gasteiger partial charge in [0.2, 0.25) is 0 Å². The van der Waals surface area contributed by atoms with Crippen molar-refractivity contribution >= 4 is 12.1 Å². The van der Waals surface area contributed by atoms with E-state index in [9.17, 15) is 14.0 Å². The fourth-order valence-corrected chi connectivity index (χ4v) is 1.92. The van der Waals surface area contributed by atoms with Crippen LogP contribution >= 0.6 is 0 Å². The molecule has 3 atom stereocenters. The van der Waals surface area contributed by atoms with E-state index in [0.717, 1.165) is 4.90 Å². The number of carbonyl (C=O) groups excluding carboxylic acids is 2. The molecule has 104 valence electrons. The van der Waals surface area contributed by atoms with E-state index in [0.29, 0.717) is 0 Å². The number of carbonyl (C=O) groups is 2. The lowest BCUT2D eigenvalue weighted by Gasteiger charge is -2.28. The van der Waals surface area contributed by atoms with Crippen LogP contribution in [0.1, 0.15) is 27.7 Å². The molecular formula is C12H20FNO4. The molecule has 1 aliphatic heterocycles. The number of methoxy groups -OCH3 is 1. The molecule has 1 aliphatic rings. The number of hydrogen-bond acceptors (Lipinski definition) is 4. The van der Waals surface area contributed by atoms with E-state index in [4.69, 9.17) is 4.74 Å². The zero-order valence-electron chi connectivity index (χ0n) is 11.4. The smallest absolute Gasteiger partial charge is 0.411 e. The lowest BCUT2D eigenvalue weighted by molar-refractivity contribution is -0.147. The second-order valence-electron chi connectivity index (χ2n) is 5.48. The van der Waals surface area contributed by atoms with Crippen LogP contribution in [0, 0.1) is 5.92 Å². The summed E-state index contributed by atoms with van der Waals surface area (Å²) >= 11 is 0. The van der Waals surface area contributed by atoms with Crippen LogP contribution in [0.2, 0.25) is 0 Å². The number of ether oxygens (including phenoxy) is 2. The standard InChI is InChI=1S/C12H20FNO4/c1-7-8(13)6-14(9(7)10(15)17-5)11(16)18-12(2,3)4/h7-9H,6H2,1-5H3/t7-,8-,9-/m0/s1. The zero-order valence-corrected chi connectivity index (χ0v) is 11.4. The molecular weight excluding hydrogens is 241 g/mol. The van der Waals surface area contributed by atoms with Crippen LogP contribution in [0.3, 0.4) is 0 Å². The molecule has 0 unspecified atom stereocenters. The fourth-order valence-electron chi connectivity index (χ4n) is 1.92. The van der Waals surface area contributed by atoms with Crippen molar-refractivity contribution in [3.05, 3.63) is 0 Å². The Morgan fingerprint density at radius 3 is 2.33 bits per heavy atom. The molecule has 0 aromatic rings. The minimum atomic E-state index is -1.25. The van der Waals surface area contributed by atoms with Crippen molar-refractivity contribution in [2.75, 3.05) is 13.7 Å². The third-order valence-corrected chi connectivity index (χ3v) is 2.85. The molecule has 0 N–H and O–H groups in total. The highest BCUT2D eigenvalue weighted by Gasteiger charge is 2.47. The monoisotopic (exact) mass is 261 g/mol. The van der Waals surface area contributed by atoms with Gasteiger partial charge in [-0.15, -0.1) is 0 Å². The van der Waals surface area contributed by atoms with Crippen molar-refractivity contribution in [3.8, 4) is 0 Å². The fraction of sp³-hybridized carbons (Fsp3) is 0.833. The lowest BCUT2D eigenvalue weighted by Crippen LogP contribution is -2.45. The summed E-state index contributed by atoms with van der Waals surface area (Å²) < 4.78 is 23.4. The minimum Gasteiger partial charge on any atom is -0.467 e. The average molecular weight is 261 g/mol. The average Bonchev–Trinajstić information content (AvgIpc) is 2.52. The number of rotatable bonds is 1. The first kappa shape index (κ1) is 14.7. The van der Waals surface area contributed by atoms with E-state index in [2.05, 4.69) is 4.74 Å². The summed E-state index contributed by atoms with van der Waals surface area (Å²) in [4.78, 5) is 24.6. The highest BCUT2D eigenvalue weighted by molar-refractivity contribution is 5.82. The Morgan fingerprint density at radius 1 is 1.33 bits per heavy atom. The molecule has 0 aromatic heterocycles. The maximum absolute atomic E-state index is 13.6. The topological polar surface area (TPSA) is 55.8 Å². The third-order valence-electron chi connectivity index (χ3n) is 2.85. The Hall–Kier alpha value is -1.33. The lowest BCUT2D eigenvalue weighted by atomic mass is 10.0. The van der Waals surface area contributed by atoms with Crippen LogP contribution in [0.5, 0.6) is 0 Å². The van der Waals surface area contributed by atoms with Gasteiger partial charge in [0.15, 0.2) is 0 Å². The Bertz CT molecular complexity index is 339. The molecule has 6 heteroatoms. The number of alkyl halides is 1. The first-order valence-electron chi connectivity index (χ1n) is 5.89. The van der Waals surface area contributed by atoms with E-state index >= 15 is 0 Å². The van der Waals surface area contributed by atoms with E-state index in [-0.39, 0.29) is 6.54 Å². The molecule has 0 spiro atoms. The third kappa shape index (κ3) is 3.11. The van der Waals surface area contributed by atoms with Crippen molar-refractivity contribution in [2.24, 2.45) is 5.92 Å². The van der Waals surface area contributed by atoms with Crippen molar-refractivity contribution in [1.29, 1.82) is 0 Å². The van der Waals surface area contributed by atoms with E-state index < -0.39 is 35.8 Å². The van der Waals surface area contributed by atoms with Gasteiger partial charge in [-0.2, -0.15) is 0 Å². The predicted octanol–water partition coefficient (Wildman–Crippen LogP) is 1.75. The molecule has 0 bridgehead atoms. The highest BCUT2D eigenvalue weighted by atomic mass is 19.1. The Labute approximate surface area is 106 Å². The Balaban J connectivity index is 2.86. The van der Waals surface area contributed by atoms with Gasteiger partial charge in [-0.3, -0.25) is 4.90 Å². The van der Waals surface area contributed by atoms with Gasteiger partial charge in [0.05, 0.1) is 13.7 Å². The summed E-state index contributed by atoms with van der Waals surface area (Å²) in [6.07, 6.45) is -1.94. The summed E-state index contributed by atoms with van der Waals surface area (Å²) in [5.74, 6) is -1.21. The van der Waals surface area contributed by atoms with E-state index in [1.807, 2.05) is 0 Å². The molecule has 18 heavy (non-hydrogen) atoms. The Kier molecular flexibility index (Phi) is 4.19. The van der Waals surface area contributed by atoms with Gasteiger partial charge in [0.25, 0.3) is 0 Å². The molecule has 1 fully saturated rings. The number of amides is 1. The first-order chi connectivity index (χ1) is 8.17. The molecule has 1 saturated heterocycles. The number of nitrogens with zero attached hydrogens (tertiary/aromatic N) is 1. The molecule has 1 heterocycles. The van der Waals surface area contributed by atoms with Gasteiger partial charge in [-0.05, 0) is 20.8 Å². The minimum absolute atomic E-state index is 0.143. The van der Waals surface area contributed by atoms with Gasteiger partial charge in [-0.1, -0.05) is 6.92 Å². The van der Waals surface area contributed by atoms with Gasteiger partial charge in [0.1, 0.15) is 17.8 Å². The van der Waals surface area contributed by atoms with Gasteiger partial charge in [-0.25, -0.2) is 14.0 Å². The van der Waals surface area contributed by atoms with Gasteiger partial charge in [0, 0.05) is 5.92 Å². The van der Waals surface area contributed by atoms with Crippen LogP contribution in [0.15, 0.2) is 0 Å². The molecule has 1 rings (SSSR count). The second kappa shape index (κ2) is 5.12. The number of esters is 1. The van der Waals surface area contributed by atoms with Crippen LogP contribution in [-0.4, -0.2) is 48.4 Å². The molecule has 1 amide bonds. The van der Waals surface area contributed by atoms with E-state index in [1.165, 1.54) is 7.11 Å². The summed E-state index contributed by atoms with van der Waals surface area (Å²) in [6.45, 7) is 6.58. The molecule has 0 aromatic carbocycles. The molecule has 5 nitrogen and oxygen atoms in total. The quantitative estimate of drug-likeness (QED) is 0.675. The summed E-state index contributed by atoms with van der Waals surface area (Å²) in [5, 5.41) is 0. The van der Waals surface area contributed by atoms with Crippen molar-refractivity contribution in [1.82, 2.24) is 4.90 Å². The first-order valence-corrected chi connectivity index (χ1v) is 5.89. The molecule has 0 saturated carbocycles. The van der Waals surface area contributed by atoms with Crippen LogP contribution in [-0.2, 0) is 14.3 Å². The number of halogens is 1. The van der Waals surface area contributed by atoms with Crippen LogP contribution in [0.4, 0.5) is 9.18 Å². The van der Waals surface area contributed by atoms with Crippen molar-refractivity contribution < 1.29 is 23.5 Å². The summed E-state index contributed by atoms with van der Waals surface area (Å²) in [7, 11) is 1.22. The van der Waals surface area contributed by atoms with Gasteiger partial charge >= 0.3 is 12.1 Å². The normalized spacial score (nSPS) is 28.1. The van der Waals surface area contributed by atoms with E-state index in [1.54, 1.807) is 27.7 Å². The summed E-state index contributed by atoms with van der Waals surface area (Å²) in [5.41, 5.74) is -0.685. The van der Waals surface area contributed by atoms with Crippen LogP contribution in [0.25, 0.3) is 0 Å². The number of likely N-dealkylation sites (tertiary alicyclic amines) is 1. The second-order valence-corrected chi connectivity index (χ2v) is 5.48.